The second kappa shape index (κ2) is 5.61. The molecule has 0 bridgehead atoms. The van der Waals surface area contributed by atoms with Crippen molar-refractivity contribution in [1.29, 1.82) is 0 Å². The Bertz CT molecular complexity index is 686. The molecule has 0 atom stereocenters. The highest BCUT2D eigenvalue weighted by Gasteiger charge is 2.05. The van der Waals surface area contributed by atoms with Crippen LogP contribution in [0.4, 0.5) is 0 Å². The number of aromatic nitrogens is 1. The Kier molecular flexibility index (Phi) is 3.89. The normalized spacial score (nSPS) is 10.4. The quantitative estimate of drug-likeness (QED) is 0.890. The Morgan fingerprint density at radius 2 is 1.85 bits per heavy atom. The van der Waals surface area contributed by atoms with Gasteiger partial charge in [-0.05, 0) is 37.1 Å². The van der Waals surface area contributed by atoms with E-state index in [-0.39, 0.29) is 16.9 Å². The standard InChI is InChI=1S/C15H15NO4/c1-10-8-13(17)9-14(18)16(10)7-6-11-2-4-12(5-3-11)15(19)20/h2-5,8-9,17H,6-7H2,1H3,(H,19,20). The van der Waals surface area contributed by atoms with Gasteiger partial charge in [0.1, 0.15) is 5.75 Å². The van der Waals surface area contributed by atoms with E-state index in [9.17, 15) is 14.7 Å². The van der Waals surface area contributed by atoms with Crippen molar-refractivity contribution < 1.29 is 15.0 Å². The molecule has 0 unspecified atom stereocenters. The summed E-state index contributed by atoms with van der Waals surface area (Å²) < 4.78 is 1.57. The third kappa shape index (κ3) is 3.06. The van der Waals surface area contributed by atoms with E-state index >= 15 is 0 Å². The fourth-order valence-corrected chi connectivity index (χ4v) is 2.05. The molecule has 2 rings (SSSR count). The highest BCUT2D eigenvalue weighted by Crippen LogP contribution is 2.09. The van der Waals surface area contributed by atoms with Crippen LogP contribution in [-0.2, 0) is 13.0 Å². The first-order chi connectivity index (χ1) is 9.47. The van der Waals surface area contributed by atoms with Crippen LogP contribution in [0, 0.1) is 6.92 Å². The van der Waals surface area contributed by atoms with E-state index in [0.717, 1.165) is 5.56 Å². The number of carboxylic acid groups (broad SMARTS) is 1. The van der Waals surface area contributed by atoms with Crippen LogP contribution < -0.4 is 5.56 Å². The molecule has 20 heavy (non-hydrogen) atoms. The molecule has 0 amide bonds. The maximum absolute atomic E-state index is 11.8. The molecule has 0 saturated carbocycles. The lowest BCUT2D eigenvalue weighted by Crippen LogP contribution is -2.22. The highest BCUT2D eigenvalue weighted by molar-refractivity contribution is 5.87. The van der Waals surface area contributed by atoms with Crippen molar-refractivity contribution in [3.8, 4) is 5.75 Å². The van der Waals surface area contributed by atoms with Gasteiger partial charge in [0.25, 0.3) is 5.56 Å². The third-order valence-electron chi connectivity index (χ3n) is 3.14. The predicted octanol–water partition coefficient (Wildman–Crippen LogP) is 1.80. The Morgan fingerprint density at radius 1 is 1.20 bits per heavy atom. The zero-order valence-corrected chi connectivity index (χ0v) is 11.0. The number of carbonyl (C=O) groups is 1. The van der Waals surface area contributed by atoms with Crippen LogP contribution in [0.15, 0.2) is 41.2 Å². The number of hydrogen-bond acceptors (Lipinski definition) is 3. The number of pyridine rings is 1. The molecule has 2 N–H and O–H groups in total. The van der Waals surface area contributed by atoms with Gasteiger partial charge in [0, 0.05) is 18.3 Å². The molecule has 5 heteroatoms. The minimum atomic E-state index is -0.956. The molecular weight excluding hydrogens is 258 g/mol. The number of nitrogens with zero attached hydrogens (tertiary/aromatic N) is 1. The van der Waals surface area contributed by atoms with Crippen molar-refractivity contribution in [2.24, 2.45) is 0 Å². The fourth-order valence-electron chi connectivity index (χ4n) is 2.05. The first-order valence-electron chi connectivity index (χ1n) is 6.20. The van der Waals surface area contributed by atoms with E-state index in [1.807, 2.05) is 0 Å². The molecular formula is C15H15NO4. The summed E-state index contributed by atoms with van der Waals surface area (Å²) in [4.78, 5) is 22.5. The van der Waals surface area contributed by atoms with Crippen LogP contribution in [0.5, 0.6) is 5.75 Å². The number of hydrogen-bond donors (Lipinski definition) is 2. The van der Waals surface area contributed by atoms with Crippen LogP contribution in [0.2, 0.25) is 0 Å². The molecule has 0 aliphatic heterocycles. The summed E-state index contributed by atoms with van der Waals surface area (Å²) >= 11 is 0. The van der Waals surface area contributed by atoms with Gasteiger partial charge in [-0.1, -0.05) is 12.1 Å². The molecule has 5 nitrogen and oxygen atoms in total. The Labute approximate surface area is 115 Å². The molecule has 0 fully saturated rings. The number of carboxylic acids is 1. The van der Waals surface area contributed by atoms with E-state index in [1.54, 1.807) is 35.8 Å². The van der Waals surface area contributed by atoms with E-state index in [0.29, 0.717) is 18.7 Å². The van der Waals surface area contributed by atoms with Gasteiger partial charge in [0.2, 0.25) is 0 Å². The summed E-state index contributed by atoms with van der Waals surface area (Å²) in [6, 6.07) is 9.29. The van der Waals surface area contributed by atoms with Crippen LogP contribution in [0.25, 0.3) is 0 Å². The molecule has 1 aromatic heterocycles. The summed E-state index contributed by atoms with van der Waals surface area (Å²) in [6.45, 7) is 2.24. The summed E-state index contributed by atoms with van der Waals surface area (Å²) in [5.41, 5.74) is 1.64. The molecule has 104 valence electrons. The summed E-state index contributed by atoms with van der Waals surface area (Å²) in [5.74, 6) is -0.989. The second-order valence-electron chi connectivity index (χ2n) is 4.60. The van der Waals surface area contributed by atoms with Crippen molar-refractivity contribution in [2.45, 2.75) is 19.9 Å². The van der Waals surface area contributed by atoms with Gasteiger partial charge in [0.05, 0.1) is 5.56 Å². The van der Waals surface area contributed by atoms with Crippen molar-refractivity contribution >= 4 is 5.97 Å². The topological polar surface area (TPSA) is 79.5 Å². The van der Waals surface area contributed by atoms with Gasteiger partial charge in [0.15, 0.2) is 0 Å². The molecule has 1 heterocycles. The average Bonchev–Trinajstić information content (AvgIpc) is 2.38. The summed E-state index contributed by atoms with van der Waals surface area (Å²) in [6.07, 6.45) is 0.616. The predicted molar refractivity (Wildman–Crippen MR) is 74.2 cm³/mol. The maximum atomic E-state index is 11.8. The number of aromatic carboxylic acids is 1. The summed E-state index contributed by atoms with van der Waals surface area (Å²) in [5, 5.41) is 18.1. The van der Waals surface area contributed by atoms with Crippen LogP contribution in [0.1, 0.15) is 21.6 Å². The second-order valence-corrected chi connectivity index (χ2v) is 4.60. The van der Waals surface area contributed by atoms with Gasteiger partial charge >= 0.3 is 5.97 Å². The lowest BCUT2D eigenvalue weighted by molar-refractivity contribution is 0.0697. The van der Waals surface area contributed by atoms with Crippen molar-refractivity contribution in [2.75, 3.05) is 0 Å². The minimum Gasteiger partial charge on any atom is -0.508 e. The minimum absolute atomic E-state index is 0.0328. The van der Waals surface area contributed by atoms with E-state index in [4.69, 9.17) is 5.11 Å². The zero-order valence-electron chi connectivity index (χ0n) is 11.0. The smallest absolute Gasteiger partial charge is 0.335 e. The number of aryl methyl sites for hydroxylation is 2. The average molecular weight is 273 g/mol. The van der Waals surface area contributed by atoms with Crippen molar-refractivity contribution in [1.82, 2.24) is 4.57 Å². The molecule has 2 aromatic rings. The fraction of sp³-hybridized carbons (Fsp3) is 0.200. The number of benzene rings is 1. The summed E-state index contributed by atoms with van der Waals surface area (Å²) in [7, 11) is 0. The molecule has 0 radical (unpaired) electrons. The zero-order chi connectivity index (χ0) is 14.7. The molecule has 0 aliphatic rings. The van der Waals surface area contributed by atoms with Crippen LogP contribution in [0.3, 0.4) is 0 Å². The molecule has 0 spiro atoms. The Hall–Kier alpha value is -2.56. The van der Waals surface area contributed by atoms with Crippen molar-refractivity contribution in [3.63, 3.8) is 0 Å². The highest BCUT2D eigenvalue weighted by atomic mass is 16.4. The number of aromatic hydroxyl groups is 1. The first-order valence-corrected chi connectivity index (χ1v) is 6.20. The maximum Gasteiger partial charge on any atom is 0.335 e. The van der Waals surface area contributed by atoms with Gasteiger partial charge in [-0.15, -0.1) is 0 Å². The van der Waals surface area contributed by atoms with Gasteiger partial charge in [-0.25, -0.2) is 4.79 Å². The van der Waals surface area contributed by atoms with Gasteiger partial charge in [-0.2, -0.15) is 0 Å². The lowest BCUT2D eigenvalue weighted by atomic mass is 10.1. The number of rotatable bonds is 4. The Balaban J connectivity index is 2.13. The van der Waals surface area contributed by atoms with E-state index in [2.05, 4.69) is 0 Å². The largest absolute Gasteiger partial charge is 0.508 e. The first kappa shape index (κ1) is 13.9. The van der Waals surface area contributed by atoms with Crippen molar-refractivity contribution in [3.05, 3.63) is 63.6 Å². The third-order valence-corrected chi connectivity index (χ3v) is 3.14. The van der Waals surface area contributed by atoms with Gasteiger partial charge in [-0.3, -0.25) is 4.79 Å². The molecule has 0 aliphatic carbocycles. The van der Waals surface area contributed by atoms with E-state index < -0.39 is 5.97 Å². The van der Waals surface area contributed by atoms with Gasteiger partial charge < -0.3 is 14.8 Å². The SMILES string of the molecule is Cc1cc(O)cc(=O)n1CCc1ccc(C(=O)O)cc1. The monoisotopic (exact) mass is 273 g/mol. The Morgan fingerprint density at radius 3 is 2.40 bits per heavy atom. The molecule has 0 saturated heterocycles. The van der Waals surface area contributed by atoms with E-state index in [1.165, 1.54) is 12.1 Å². The lowest BCUT2D eigenvalue weighted by Gasteiger charge is -2.10. The van der Waals surface area contributed by atoms with Crippen LogP contribution in [-0.4, -0.2) is 20.7 Å². The van der Waals surface area contributed by atoms with Crippen LogP contribution >= 0.6 is 0 Å². The molecule has 1 aromatic carbocycles.